The molecule has 1 aromatic carbocycles. The molecule has 2 aromatic heterocycles. The number of hydrogen-bond acceptors (Lipinski definition) is 4. The third kappa shape index (κ3) is 3.53. The highest BCUT2D eigenvalue weighted by molar-refractivity contribution is 9.10. The Labute approximate surface area is 146 Å². The quantitative estimate of drug-likeness (QED) is 0.496. The zero-order chi connectivity index (χ0) is 16.9. The molecule has 5 nitrogen and oxygen atoms in total. The maximum atomic E-state index is 12.2. The van der Waals surface area contributed by atoms with Gasteiger partial charge in [-0.1, -0.05) is 0 Å². The number of benzene rings is 1. The number of hydrogen-bond donors (Lipinski definition) is 0. The van der Waals surface area contributed by atoms with Crippen LogP contribution in [0, 0.1) is 11.3 Å². The van der Waals surface area contributed by atoms with Gasteiger partial charge in [-0.2, -0.15) is 5.26 Å². The number of carbonyl (C=O) groups is 1. The van der Waals surface area contributed by atoms with Gasteiger partial charge in [0.15, 0.2) is 12.4 Å². The summed E-state index contributed by atoms with van der Waals surface area (Å²) in [4.78, 5) is 16.5. The van der Waals surface area contributed by atoms with E-state index in [-0.39, 0.29) is 12.4 Å². The van der Waals surface area contributed by atoms with Crippen LogP contribution in [0.25, 0.3) is 11.7 Å². The van der Waals surface area contributed by atoms with Gasteiger partial charge in [0.2, 0.25) is 0 Å². The van der Waals surface area contributed by atoms with Gasteiger partial charge in [-0.25, -0.2) is 4.98 Å². The largest absolute Gasteiger partial charge is 0.479 e. The van der Waals surface area contributed by atoms with E-state index < -0.39 is 0 Å². The highest BCUT2D eigenvalue weighted by atomic mass is 79.9. The zero-order valence-electron chi connectivity index (χ0n) is 12.5. The molecule has 0 aliphatic heterocycles. The fraction of sp³-hybridized carbons (Fsp3) is 0.0556. The zero-order valence-corrected chi connectivity index (χ0v) is 14.1. The van der Waals surface area contributed by atoms with Crippen LogP contribution in [0.2, 0.25) is 0 Å². The fourth-order valence-electron chi connectivity index (χ4n) is 2.19. The number of rotatable bonds is 5. The summed E-state index contributed by atoms with van der Waals surface area (Å²) in [6.07, 6.45) is 6.85. The van der Waals surface area contributed by atoms with E-state index in [2.05, 4.69) is 20.9 Å². The highest BCUT2D eigenvalue weighted by Gasteiger charge is 2.04. The first-order valence-corrected chi connectivity index (χ1v) is 7.91. The number of carbonyl (C=O) groups excluding carboxylic acids is 1. The number of pyridine rings is 1. The summed E-state index contributed by atoms with van der Waals surface area (Å²) in [5.41, 5.74) is 2.17. The van der Waals surface area contributed by atoms with Crippen molar-refractivity contribution in [2.75, 3.05) is 6.61 Å². The second kappa shape index (κ2) is 7.11. The molecule has 24 heavy (non-hydrogen) atoms. The molecule has 118 valence electrons. The van der Waals surface area contributed by atoms with Gasteiger partial charge in [0.25, 0.3) is 0 Å². The van der Waals surface area contributed by atoms with Crippen molar-refractivity contribution in [3.63, 3.8) is 0 Å². The van der Waals surface area contributed by atoms with Crippen molar-refractivity contribution in [2.24, 2.45) is 0 Å². The van der Waals surface area contributed by atoms with Crippen LogP contribution in [0.15, 0.2) is 59.3 Å². The molecule has 0 unspecified atom stereocenters. The minimum absolute atomic E-state index is 0.0168. The Bertz CT molecular complexity index is 953. The lowest BCUT2D eigenvalue weighted by Gasteiger charge is -2.02. The van der Waals surface area contributed by atoms with Gasteiger partial charge < -0.3 is 4.74 Å². The van der Waals surface area contributed by atoms with Gasteiger partial charge in [-0.3, -0.25) is 9.20 Å². The van der Waals surface area contributed by atoms with Crippen LogP contribution in [-0.4, -0.2) is 21.8 Å². The molecule has 0 atom stereocenters. The van der Waals surface area contributed by atoms with Crippen LogP contribution in [0.5, 0.6) is 5.75 Å². The average Bonchev–Trinajstić information content (AvgIpc) is 3.00. The molecule has 0 aliphatic carbocycles. The molecule has 0 aliphatic rings. The van der Waals surface area contributed by atoms with Crippen LogP contribution in [-0.2, 0) is 0 Å². The van der Waals surface area contributed by atoms with Crippen LogP contribution in [0.4, 0.5) is 0 Å². The second-order valence-corrected chi connectivity index (χ2v) is 5.84. The number of fused-ring (bicyclic) bond motifs is 1. The van der Waals surface area contributed by atoms with E-state index in [1.54, 1.807) is 36.5 Å². The van der Waals surface area contributed by atoms with Gasteiger partial charge in [0.05, 0.1) is 11.9 Å². The Morgan fingerprint density at radius 3 is 2.83 bits per heavy atom. The first-order chi connectivity index (χ1) is 11.7. The Kier molecular flexibility index (Phi) is 4.73. The first-order valence-electron chi connectivity index (χ1n) is 7.12. The highest BCUT2D eigenvalue weighted by Crippen LogP contribution is 2.16. The lowest BCUT2D eigenvalue weighted by atomic mass is 10.1. The van der Waals surface area contributed by atoms with E-state index in [4.69, 9.17) is 10.00 Å². The fourth-order valence-corrected chi connectivity index (χ4v) is 2.52. The summed E-state index contributed by atoms with van der Waals surface area (Å²) >= 11 is 3.42. The molecule has 0 radical (unpaired) electrons. The van der Waals surface area contributed by atoms with E-state index in [9.17, 15) is 4.79 Å². The number of aromatic nitrogens is 2. The standard InChI is InChI=1S/C18H12BrN3O2/c19-14-3-8-18-21-11-15(22(18)12-14)4-7-17(23)13-1-5-16(6-2-13)24-10-9-20/h1-8,11-12H,10H2. The number of allylic oxidation sites excluding steroid dienone is 1. The number of ether oxygens (including phenoxy) is 1. The summed E-state index contributed by atoms with van der Waals surface area (Å²) < 4.78 is 7.99. The Balaban J connectivity index is 1.77. The van der Waals surface area contributed by atoms with Crippen molar-refractivity contribution < 1.29 is 9.53 Å². The van der Waals surface area contributed by atoms with E-state index in [0.29, 0.717) is 11.3 Å². The predicted molar refractivity (Wildman–Crippen MR) is 93.8 cm³/mol. The predicted octanol–water partition coefficient (Wildman–Crippen LogP) is 3.90. The van der Waals surface area contributed by atoms with Crippen molar-refractivity contribution in [2.45, 2.75) is 0 Å². The maximum Gasteiger partial charge on any atom is 0.185 e. The maximum absolute atomic E-state index is 12.2. The monoisotopic (exact) mass is 381 g/mol. The second-order valence-electron chi connectivity index (χ2n) is 4.93. The molecule has 3 aromatic rings. The molecule has 3 rings (SSSR count). The van der Waals surface area contributed by atoms with E-state index in [1.165, 1.54) is 6.08 Å². The van der Waals surface area contributed by atoms with E-state index >= 15 is 0 Å². The summed E-state index contributed by atoms with van der Waals surface area (Å²) in [6.45, 7) is -0.0168. The van der Waals surface area contributed by atoms with Gasteiger partial charge in [0.1, 0.15) is 17.5 Å². The number of imidazole rings is 1. The number of halogens is 1. The van der Waals surface area contributed by atoms with Crippen molar-refractivity contribution >= 4 is 33.4 Å². The lowest BCUT2D eigenvalue weighted by Crippen LogP contribution is -1.97. The van der Waals surface area contributed by atoms with Gasteiger partial charge >= 0.3 is 0 Å². The Hall–Kier alpha value is -2.91. The number of ketones is 1. The summed E-state index contributed by atoms with van der Waals surface area (Å²) in [5.74, 6) is 0.440. The van der Waals surface area contributed by atoms with Gasteiger partial charge in [0, 0.05) is 16.2 Å². The average molecular weight is 382 g/mol. The number of nitriles is 1. The minimum atomic E-state index is -0.119. The van der Waals surface area contributed by atoms with Crippen molar-refractivity contribution in [3.05, 3.63) is 70.6 Å². The van der Waals surface area contributed by atoms with Crippen LogP contribution >= 0.6 is 15.9 Å². The smallest absolute Gasteiger partial charge is 0.185 e. The van der Waals surface area contributed by atoms with Gasteiger partial charge in [-0.05, 0) is 64.5 Å². The third-order valence-corrected chi connectivity index (χ3v) is 3.81. The van der Waals surface area contributed by atoms with E-state index in [0.717, 1.165) is 15.8 Å². The van der Waals surface area contributed by atoms with Crippen molar-refractivity contribution in [1.82, 2.24) is 9.38 Å². The SMILES string of the molecule is N#CCOc1ccc(C(=O)C=Cc2cnc3ccc(Br)cn23)cc1. The van der Waals surface area contributed by atoms with Crippen molar-refractivity contribution in [1.29, 1.82) is 5.26 Å². The molecule has 0 bridgehead atoms. The molecule has 2 heterocycles. The Morgan fingerprint density at radius 1 is 1.29 bits per heavy atom. The van der Waals surface area contributed by atoms with E-state index in [1.807, 2.05) is 28.8 Å². The Morgan fingerprint density at radius 2 is 2.08 bits per heavy atom. The molecular formula is C18H12BrN3O2. The molecule has 0 spiro atoms. The molecule has 0 fully saturated rings. The molecule has 0 N–H and O–H groups in total. The molecule has 6 heteroatoms. The third-order valence-electron chi connectivity index (χ3n) is 3.35. The van der Waals surface area contributed by atoms with Crippen LogP contribution in [0.3, 0.4) is 0 Å². The van der Waals surface area contributed by atoms with Crippen LogP contribution < -0.4 is 4.74 Å². The molecule has 0 saturated carbocycles. The summed E-state index contributed by atoms with van der Waals surface area (Å²) in [6, 6.07) is 12.4. The van der Waals surface area contributed by atoms with Crippen molar-refractivity contribution in [3.8, 4) is 11.8 Å². The van der Waals surface area contributed by atoms with Crippen LogP contribution in [0.1, 0.15) is 16.1 Å². The van der Waals surface area contributed by atoms with Gasteiger partial charge in [-0.15, -0.1) is 0 Å². The number of nitrogens with zero attached hydrogens (tertiary/aromatic N) is 3. The summed E-state index contributed by atoms with van der Waals surface area (Å²) in [5, 5.41) is 8.47. The molecule has 0 amide bonds. The lowest BCUT2D eigenvalue weighted by molar-refractivity contribution is 0.104. The topological polar surface area (TPSA) is 67.4 Å². The summed E-state index contributed by atoms with van der Waals surface area (Å²) in [7, 11) is 0. The molecular weight excluding hydrogens is 370 g/mol. The molecule has 0 saturated heterocycles. The first kappa shape index (κ1) is 16.0. The minimum Gasteiger partial charge on any atom is -0.479 e. The normalized spacial score (nSPS) is 10.8.